The first-order valence-electron chi connectivity index (χ1n) is 8.26. The lowest BCUT2D eigenvalue weighted by atomic mass is 9.84. The normalized spacial score (nSPS) is 19.6. The second kappa shape index (κ2) is 8.45. The van der Waals surface area contributed by atoms with Gasteiger partial charge in [0.25, 0.3) is 0 Å². The minimum absolute atomic E-state index is 0.0196. The van der Waals surface area contributed by atoms with E-state index < -0.39 is 0 Å². The lowest BCUT2D eigenvalue weighted by Gasteiger charge is -2.35. The molecule has 5 heteroatoms. The number of rotatable bonds is 7. The third kappa shape index (κ3) is 4.05. The van der Waals surface area contributed by atoms with E-state index in [1.807, 2.05) is 19.1 Å². The lowest BCUT2D eigenvalue weighted by molar-refractivity contribution is -0.132. The topological polar surface area (TPSA) is 46.6 Å². The first kappa shape index (κ1) is 18.7. The maximum absolute atomic E-state index is 12.7. The first-order chi connectivity index (χ1) is 11.5. The Morgan fingerprint density at radius 1 is 1.38 bits per heavy atom. The molecule has 0 bridgehead atoms. The van der Waals surface area contributed by atoms with Crippen molar-refractivity contribution in [3.63, 3.8) is 0 Å². The zero-order chi connectivity index (χ0) is 17.7. The van der Waals surface area contributed by atoms with Gasteiger partial charge in [0.1, 0.15) is 6.29 Å². The van der Waals surface area contributed by atoms with Crippen molar-refractivity contribution in [2.75, 3.05) is 13.7 Å². The smallest absolute Gasteiger partial charge is 0.227 e. The monoisotopic (exact) mass is 349 g/mol. The van der Waals surface area contributed by atoms with Gasteiger partial charge in [0.15, 0.2) is 0 Å². The number of hydrogen-bond donors (Lipinski definition) is 0. The van der Waals surface area contributed by atoms with Crippen molar-refractivity contribution < 1.29 is 14.3 Å². The summed E-state index contributed by atoms with van der Waals surface area (Å²) in [6.45, 7) is 4.40. The Hall–Kier alpha value is -1.65. The molecule has 0 aliphatic carbocycles. The van der Waals surface area contributed by atoms with Crippen LogP contribution in [0.2, 0.25) is 5.02 Å². The summed E-state index contributed by atoms with van der Waals surface area (Å²) < 4.78 is 5.46. The summed E-state index contributed by atoms with van der Waals surface area (Å²) >= 11 is 5.93. The first-order valence-corrected chi connectivity index (χ1v) is 8.64. The number of methoxy groups -OCH3 is 1. The number of carbonyl (C=O) groups excluding carboxylic acids is 2. The van der Waals surface area contributed by atoms with Crippen LogP contribution in [-0.4, -0.2) is 36.9 Å². The molecule has 0 radical (unpaired) electrons. The number of amides is 1. The van der Waals surface area contributed by atoms with E-state index in [1.54, 1.807) is 24.1 Å². The SMILES string of the molecule is CCCC(CN1C(=O)CC(c2ccc(Cl)cc2)C(C=O)=C1C)OC. The van der Waals surface area contributed by atoms with Crippen LogP contribution < -0.4 is 0 Å². The van der Waals surface area contributed by atoms with E-state index in [0.29, 0.717) is 17.1 Å². The highest BCUT2D eigenvalue weighted by Crippen LogP contribution is 2.35. The molecular formula is C19H24ClNO3. The number of allylic oxidation sites excluding steroid dienone is 2. The zero-order valence-electron chi connectivity index (χ0n) is 14.4. The number of nitrogens with zero attached hydrogens (tertiary/aromatic N) is 1. The molecule has 1 aromatic rings. The quantitative estimate of drug-likeness (QED) is 0.700. The van der Waals surface area contributed by atoms with Crippen molar-refractivity contribution in [2.24, 2.45) is 0 Å². The second-order valence-electron chi connectivity index (χ2n) is 6.12. The highest BCUT2D eigenvalue weighted by Gasteiger charge is 2.33. The van der Waals surface area contributed by atoms with Crippen LogP contribution in [0.25, 0.3) is 0 Å². The number of hydrogen-bond acceptors (Lipinski definition) is 3. The average Bonchev–Trinajstić information content (AvgIpc) is 2.58. The van der Waals surface area contributed by atoms with E-state index in [9.17, 15) is 9.59 Å². The van der Waals surface area contributed by atoms with Crippen molar-refractivity contribution in [2.45, 2.75) is 45.1 Å². The van der Waals surface area contributed by atoms with Crippen LogP contribution >= 0.6 is 11.6 Å². The van der Waals surface area contributed by atoms with Crippen LogP contribution in [0.15, 0.2) is 35.5 Å². The van der Waals surface area contributed by atoms with Gasteiger partial charge in [0, 0.05) is 35.7 Å². The van der Waals surface area contributed by atoms with Crippen molar-refractivity contribution >= 4 is 23.8 Å². The fraction of sp³-hybridized carbons (Fsp3) is 0.474. The Balaban J connectivity index is 2.31. The molecule has 0 saturated heterocycles. The Bertz CT molecular complexity index is 624. The van der Waals surface area contributed by atoms with Gasteiger partial charge in [-0.2, -0.15) is 0 Å². The number of carbonyl (C=O) groups is 2. The molecular weight excluding hydrogens is 326 g/mol. The van der Waals surface area contributed by atoms with Gasteiger partial charge in [-0.1, -0.05) is 37.1 Å². The molecule has 24 heavy (non-hydrogen) atoms. The Kier molecular flexibility index (Phi) is 6.58. The van der Waals surface area contributed by atoms with Crippen molar-refractivity contribution in [1.29, 1.82) is 0 Å². The van der Waals surface area contributed by atoms with E-state index in [-0.39, 0.29) is 24.3 Å². The third-order valence-electron chi connectivity index (χ3n) is 4.61. The summed E-state index contributed by atoms with van der Waals surface area (Å²) in [4.78, 5) is 26.1. The van der Waals surface area contributed by atoms with E-state index >= 15 is 0 Å². The minimum Gasteiger partial charge on any atom is -0.380 e. The van der Waals surface area contributed by atoms with Crippen molar-refractivity contribution in [3.8, 4) is 0 Å². The molecule has 0 saturated carbocycles. The Labute approximate surface area is 148 Å². The average molecular weight is 350 g/mol. The van der Waals surface area contributed by atoms with Gasteiger partial charge in [0.05, 0.1) is 12.6 Å². The van der Waals surface area contributed by atoms with E-state index in [2.05, 4.69) is 6.92 Å². The third-order valence-corrected chi connectivity index (χ3v) is 4.86. The van der Waals surface area contributed by atoms with Gasteiger partial charge in [-0.15, -0.1) is 0 Å². The molecule has 1 amide bonds. The van der Waals surface area contributed by atoms with Crippen LogP contribution in [0.4, 0.5) is 0 Å². The molecule has 2 atom stereocenters. The molecule has 0 N–H and O–H groups in total. The molecule has 0 fully saturated rings. The molecule has 1 aliphatic heterocycles. The predicted octanol–water partition coefficient (Wildman–Crippen LogP) is 3.94. The summed E-state index contributed by atoms with van der Waals surface area (Å²) in [5.74, 6) is -0.188. The maximum atomic E-state index is 12.7. The minimum atomic E-state index is -0.212. The standard InChI is InChI=1S/C19H24ClNO3/c1-4-5-16(24-3)11-21-13(2)18(12-22)17(10-19(21)23)14-6-8-15(20)9-7-14/h6-9,12,16-17H,4-5,10-11H2,1-3H3. The summed E-state index contributed by atoms with van der Waals surface area (Å²) in [6.07, 6.45) is 3.00. The maximum Gasteiger partial charge on any atom is 0.227 e. The number of ether oxygens (including phenoxy) is 1. The van der Waals surface area contributed by atoms with Crippen LogP contribution in [0, 0.1) is 0 Å². The predicted molar refractivity (Wildman–Crippen MR) is 95.0 cm³/mol. The van der Waals surface area contributed by atoms with E-state index in [1.165, 1.54) is 0 Å². The molecule has 1 aromatic carbocycles. The van der Waals surface area contributed by atoms with Gasteiger partial charge < -0.3 is 9.64 Å². The molecule has 4 nitrogen and oxygen atoms in total. The van der Waals surface area contributed by atoms with Gasteiger partial charge >= 0.3 is 0 Å². The summed E-state index contributed by atoms with van der Waals surface area (Å²) in [7, 11) is 1.66. The summed E-state index contributed by atoms with van der Waals surface area (Å²) in [6, 6.07) is 7.32. The Morgan fingerprint density at radius 2 is 2.04 bits per heavy atom. The molecule has 2 rings (SSSR count). The summed E-state index contributed by atoms with van der Waals surface area (Å²) in [5.41, 5.74) is 2.31. The number of benzene rings is 1. The summed E-state index contributed by atoms with van der Waals surface area (Å²) in [5, 5.41) is 0.637. The van der Waals surface area contributed by atoms with E-state index in [0.717, 1.165) is 30.4 Å². The molecule has 2 unspecified atom stereocenters. The van der Waals surface area contributed by atoms with Crippen LogP contribution in [0.1, 0.15) is 44.6 Å². The van der Waals surface area contributed by atoms with Gasteiger partial charge in [0.2, 0.25) is 5.91 Å². The van der Waals surface area contributed by atoms with Crippen molar-refractivity contribution in [1.82, 2.24) is 4.90 Å². The lowest BCUT2D eigenvalue weighted by Crippen LogP contribution is -2.41. The number of aldehydes is 1. The highest BCUT2D eigenvalue weighted by molar-refractivity contribution is 6.30. The zero-order valence-corrected chi connectivity index (χ0v) is 15.2. The Morgan fingerprint density at radius 3 is 2.58 bits per heavy atom. The molecule has 1 heterocycles. The fourth-order valence-corrected chi connectivity index (χ4v) is 3.32. The van der Waals surface area contributed by atoms with Crippen LogP contribution in [0.3, 0.4) is 0 Å². The van der Waals surface area contributed by atoms with E-state index in [4.69, 9.17) is 16.3 Å². The van der Waals surface area contributed by atoms with Crippen LogP contribution in [0.5, 0.6) is 0 Å². The second-order valence-corrected chi connectivity index (χ2v) is 6.55. The molecule has 1 aliphatic rings. The number of halogens is 1. The fourth-order valence-electron chi connectivity index (χ4n) is 3.20. The molecule has 130 valence electrons. The highest BCUT2D eigenvalue weighted by atomic mass is 35.5. The van der Waals surface area contributed by atoms with Gasteiger partial charge in [-0.05, 0) is 31.0 Å². The molecule has 0 spiro atoms. The largest absolute Gasteiger partial charge is 0.380 e. The molecule has 0 aromatic heterocycles. The van der Waals surface area contributed by atoms with Gasteiger partial charge in [-0.25, -0.2) is 0 Å². The van der Waals surface area contributed by atoms with Crippen LogP contribution in [-0.2, 0) is 14.3 Å². The van der Waals surface area contributed by atoms with Gasteiger partial charge in [-0.3, -0.25) is 9.59 Å². The van der Waals surface area contributed by atoms with Crippen molar-refractivity contribution in [3.05, 3.63) is 46.1 Å².